The van der Waals surface area contributed by atoms with Crippen LogP contribution in [0, 0.1) is 0 Å². The molecule has 1 aliphatic carbocycles. The Bertz CT molecular complexity index is 782. The average Bonchev–Trinajstić information content (AvgIpc) is 2.97. The van der Waals surface area contributed by atoms with Crippen LogP contribution in [0.5, 0.6) is 0 Å². The van der Waals surface area contributed by atoms with Crippen LogP contribution in [-0.4, -0.2) is 8.42 Å². The maximum atomic E-state index is 12.9. The molecule has 2 aromatic rings. The van der Waals surface area contributed by atoms with Crippen LogP contribution in [0.3, 0.4) is 0 Å². The van der Waals surface area contributed by atoms with Crippen LogP contribution in [0.1, 0.15) is 49.9 Å². The predicted molar refractivity (Wildman–Crippen MR) is 94.3 cm³/mol. The Morgan fingerprint density at radius 2 is 1.83 bits per heavy atom. The first-order chi connectivity index (χ1) is 11.0. The third-order valence-electron chi connectivity index (χ3n) is 4.19. The van der Waals surface area contributed by atoms with Gasteiger partial charge in [-0.3, -0.25) is 0 Å². The van der Waals surface area contributed by atoms with Crippen molar-refractivity contribution in [2.45, 2.75) is 55.9 Å². The van der Waals surface area contributed by atoms with Gasteiger partial charge in [-0.1, -0.05) is 45.0 Å². The van der Waals surface area contributed by atoms with E-state index >= 15 is 0 Å². The summed E-state index contributed by atoms with van der Waals surface area (Å²) in [4.78, 5) is 0.783. The van der Waals surface area contributed by atoms with Gasteiger partial charge >= 0.3 is 0 Å². The molecule has 0 spiro atoms. The summed E-state index contributed by atoms with van der Waals surface area (Å²) in [5, 5.41) is 0. The molecular weight excluding hydrogens is 306 g/mol. The average molecular weight is 331 g/mol. The number of benzene rings is 2. The van der Waals surface area contributed by atoms with Crippen LogP contribution < -0.4 is 5.73 Å². The van der Waals surface area contributed by atoms with Gasteiger partial charge in [-0.15, -0.1) is 0 Å². The number of hydrogen-bond donors (Lipinski definition) is 1. The van der Waals surface area contributed by atoms with E-state index in [-0.39, 0.29) is 6.04 Å². The number of sulfone groups is 1. The van der Waals surface area contributed by atoms with Crippen molar-refractivity contribution >= 4 is 9.84 Å². The second kappa shape index (κ2) is 7.28. The van der Waals surface area contributed by atoms with Crippen molar-refractivity contribution in [2.75, 3.05) is 0 Å². The lowest BCUT2D eigenvalue weighted by atomic mass is 10.1. The highest BCUT2D eigenvalue weighted by molar-refractivity contribution is 7.91. The minimum Gasteiger partial charge on any atom is -0.324 e. The second-order valence-corrected chi connectivity index (χ2v) is 7.39. The van der Waals surface area contributed by atoms with Crippen LogP contribution >= 0.6 is 0 Å². The van der Waals surface area contributed by atoms with Gasteiger partial charge in [-0.05, 0) is 54.2 Å². The third kappa shape index (κ3) is 3.33. The molecule has 0 heterocycles. The van der Waals surface area contributed by atoms with Crippen molar-refractivity contribution in [3.8, 4) is 0 Å². The number of aryl methyl sites for hydroxylation is 2. The number of hydrogen-bond acceptors (Lipinski definition) is 3. The highest BCUT2D eigenvalue weighted by Crippen LogP contribution is 2.33. The van der Waals surface area contributed by atoms with E-state index in [1.54, 1.807) is 24.3 Å². The monoisotopic (exact) mass is 331 g/mol. The lowest BCUT2D eigenvalue weighted by molar-refractivity contribution is 0.595. The van der Waals surface area contributed by atoms with Crippen molar-refractivity contribution < 1.29 is 8.42 Å². The van der Waals surface area contributed by atoms with Gasteiger partial charge in [0.05, 0.1) is 9.79 Å². The minimum absolute atomic E-state index is 0.0414. The van der Waals surface area contributed by atoms with Gasteiger partial charge in [0, 0.05) is 6.04 Å². The van der Waals surface area contributed by atoms with Gasteiger partial charge in [0.2, 0.25) is 9.84 Å². The Hall–Kier alpha value is -1.65. The molecule has 0 aromatic heterocycles. The molecule has 23 heavy (non-hydrogen) atoms. The summed E-state index contributed by atoms with van der Waals surface area (Å²) in [5.74, 6) is 0. The van der Waals surface area contributed by atoms with E-state index in [0.717, 1.165) is 29.5 Å². The maximum absolute atomic E-state index is 12.9. The third-order valence-corrected chi connectivity index (χ3v) is 6.04. The molecule has 0 saturated carbocycles. The quantitative estimate of drug-likeness (QED) is 0.923. The molecule has 4 heteroatoms. The molecule has 0 bridgehead atoms. The fraction of sp³-hybridized carbons (Fsp3) is 0.368. The highest BCUT2D eigenvalue weighted by Gasteiger charge is 2.24. The molecule has 0 amide bonds. The van der Waals surface area contributed by atoms with Crippen LogP contribution in [0.4, 0.5) is 0 Å². The molecule has 0 fully saturated rings. The summed E-state index contributed by atoms with van der Waals surface area (Å²) in [5.41, 5.74) is 9.02. The van der Waals surface area contributed by atoms with Crippen molar-refractivity contribution in [3.63, 3.8) is 0 Å². The summed E-state index contributed by atoms with van der Waals surface area (Å²) < 4.78 is 25.7. The molecule has 1 atom stereocenters. The molecule has 0 radical (unpaired) electrons. The highest BCUT2D eigenvalue weighted by atomic mass is 32.2. The van der Waals surface area contributed by atoms with Gasteiger partial charge in [-0.2, -0.15) is 0 Å². The molecular formula is C19H25NO2S. The standard InChI is InChI=1S/C17H19NO2S.C2H6/c1-2-12-5-3-4-6-17(12)21(19,20)14-8-9-15-13(11-14)7-10-16(15)18;1-2/h3-6,8-9,11,16H,2,7,10,18H2,1H3;1-2H3. The Labute approximate surface area is 139 Å². The topological polar surface area (TPSA) is 60.2 Å². The fourth-order valence-electron chi connectivity index (χ4n) is 2.98. The second-order valence-electron chi connectivity index (χ2n) is 5.47. The van der Waals surface area contributed by atoms with Crippen molar-refractivity contribution in [2.24, 2.45) is 5.73 Å². The Balaban J connectivity index is 0.000000924. The predicted octanol–water partition coefficient (Wildman–Crippen LogP) is 4.05. The van der Waals surface area contributed by atoms with E-state index in [1.165, 1.54) is 0 Å². The van der Waals surface area contributed by atoms with Gasteiger partial charge < -0.3 is 5.73 Å². The first-order valence-corrected chi connectivity index (χ1v) is 9.73. The van der Waals surface area contributed by atoms with Crippen LogP contribution in [-0.2, 0) is 22.7 Å². The van der Waals surface area contributed by atoms with Crippen molar-refractivity contribution in [3.05, 3.63) is 59.2 Å². The molecule has 124 valence electrons. The summed E-state index contributed by atoms with van der Waals surface area (Å²) in [6.45, 7) is 5.97. The zero-order valence-corrected chi connectivity index (χ0v) is 14.9. The summed E-state index contributed by atoms with van der Waals surface area (Å²) >= 11 is 0. The zero-order chi connectivity index (χ0) is 17.0. The SMILES string of the molecule is CC.CCc1ccccc1S(=O)(=O)c1ccc2c(c1)CCC2N. The molecule has 0 aliphatic heterocycles. The first kappa shape index (κ1) is 17.7. The summed E-state index contributed by atoms with van der Waals surface area (Å²) in [6.07, 6.45) is 2.45. The van der Waals surface area contributed by atoms with E-state index in [1.807, 2.05) is 39.0 Å². The molecule has 1 unspecified atom stereocenters. The lowest BCUT2D eigenvalue weighted by Gasteiger charge is -2.11. The number of nitrogens with two attached hydrogens (primary N) is 1. The Kier molecular flexibility index (Phi) is 5.60. The molecule has 3 nitrogen and oxygen atoms in total. The maximum Gasteiger partial charge on any atom is 0.206 e. The van der Waals surface area contributed by atoms with Crippen LogP contribution in [0.15, 0.2) is 52.3 Å². The fourth-order valence-corrected chi connectivity index (χ4v) is 4.59. The largest absolute Gasteiger partial charge is 0.324 e. The van der Waals surface area contributed by atoms with E-state index < -0.39 is 9.84 Å². The normalized spacial score (nSPS) is 16.4. The van der Waals surface area contributed by atoms with E-state index in [4.69, 9.17) is 5.73 Å². The molecule has 2 N–H and O–H groups in total. The number of fused-ring (bicyclic) bond motifs is 1. The summed E-state index contributed by atoms with van der Waals surface area (Å²) in [6, 6.07) is 12.6. The Morgan fingerprint density at radius 1 is 1.13 bits per heavy atom. The molecule has 0 saturated heterocycles. The molecule has 1 aliphatic rings. The minimum atomic E-state index is -3.46. The van der Waals surface area contributed by atoms with Crippen LogP contribution in [0.25, 0.3) is 0 Å². The zero-order valence-electron chi connectivity index (χ0n) is 14.0. The van der Waals surface area contributed by atoms with Gasteiger partial charge in [-0.25, -0.2) is 8.42 Å². The van der Waals surface area contributed by atoms with Gasteiger partial charge in [0.1, 0.15) is 0 Å². The lowest BCUT2D eigenvalue weighted by Crippen LogP contribution is -2.07. The van der Waals surface area contributed by atoms with E-state index in [2.05, 4.69) is 0 Å². The Morgan fingerprint density at radius 3 is 2.52 bits per heavy atom. The number of rotatable bonds is 3. The molecule has 2 aromatic carbocycles. The van der Waals surface area contributed by atoms with Crippen molar-refractivity contribution in [1.29, 1.82) is 0 Å². The van der Waals surface area contributed by atoms with Crippen LogP contribution in [0.2, 0.25) is 0 Å². The first-order valence-electron chi connectivity index (χ1n) is 8.25. The summed E-state index contributed by atoms with van der Waals surface area (Å²) in [7, 11) is -3.46. The van der Waals surface area contributed by atoms with Crippen molar-refractivity contribution in [1.82, 2.24) is 0 Å². The smallest absolute Gasteiger partial charge is 0.206 e. The van der Waals surface area contributed by atoms with Gasteiger partial charge in [0.15, 0.2) is 0 Å². The van der Waals surface area contributed by atoms with Gasteiger partial charge in [0.25, 0.3) is 0 Å². The molecule has 3 rings (SSSR count). The van der Waals surface area contributed by atoms with E-state index in [0.29, 0.717) is 16.2 Å². The van der Waals surface area contributed by atoms with E-state index in [9.17, 15) is 8.42 Å².